The lowest BCUT2D eigenvalue weighted by atomic mass is 9.92. The van der Waals surface area contributed by atoms with Gasteiger partial charge in [0.25, 0.3) is 5.91 Å². The minimum atomic E-state index is -0.798. The summed E-state index contributed by atoms with van der Waals surface area (Å²) in [6.07, 6.45) is 3.98. The molecule has 232 valence electrons. The number of halogens is 1. The molecule has 0 spiro atoms. The van der Waals surface area contributed by atoms with Crippen molar-refractivity contribution in [1.29, 1.82) is 0 Å². The van der Waals surface area contributed by atoms with Crippen molar-refractivity contribution in [2.75, 3.05) is 32.1 Å². The molecule has 2 aromatic heterocycles. The molecule has 2 aromatic carbocycles. The number of nitrogens with zero attached hydrogens (tertiary/aromatic N) is 1. The number of H-pyrrole nitrogens is 1. The summed E-state index contributed by atoms with van der Waals surface area (Å²) in [6.45, 7) is 0.787. The van der Waals surface area contributed by atoms with Crippen molar-refractivity contribution in [2.24, 2.45) is 0 Å². The van der Waals surface area contributed by atoms with Crippen molar-refractivity contribution in [3.63, 3.8) is 0 Å². The van der Waals surface area contributed by atoms with Gasteiger partial charge in [0.05, 0.1) is 42.5 Å². The van der Waals surface area contributed by atoms with Crippen LogP contribution in [0.3, 0.4) is 0 Å². The zero-order valence-electron chi connectivity index (χ0n) is 24.6. The number of carbonyl (C=O) groups excluding carboxylic acids is 3. The molecule has 2 atom stereocenters. The molecule has 4 heterocycles. The van der Waals surface area contributed by atoms with Gasteiger partial charge < -0.3 is 35.7 Å². The molecule has 1 unspecified atom stereocenters. The Balaban J connectivity index is 1.43. The fraction of sp³-hybridized carbons (Fsp3) is 0.273. The summed E-state index contributed by atoms with van der Waals surface area (Å²) >= 11 is 0. The monoisotopic (exact) mass is 612 g/mol. The SMILES string of the molecule is COc1c(F)cccc1Nc1c2[nH]c3c1C(=O)NCC3CC(=O)N[C@@H](Cc1ccccc1)C(=O)NCCCOc1cnccc1-2. The molecular formula is C33H33FN6O5. The fourth-order valence-corrected chi connectivity index (χ4v) is 5.75. The number of para-hydroxylation sites is 1. The van der Waals surface area contributed by atoms with Crippen LogP contribution in [0.1, 0.15) is 40.4 Å². The number of hydrogen-bond donors (Lipinski definition) is 5. The van der Waals surface area contributed by atoms with E-state index in [1.165, 1.54) is 19.2 Å². The predicted octanol–water partition coefficient (Wildman–Crippen LogP) is 3.81. The molecule has 5 N–H and O–H groups in total. The van der Waals surface area contributed by atoms with Crippen molar-refractivity contribution >= 4 is 29.1 Å². The highest BCUT2D eigenvalue weighted by atomic mass is 19.1. The molecule has 0 saturated heterocycles. The summed E-state index contributed by atoms with van der Waals surface area (Å²) in [5.41, 5.74) is 3.51. The normalized spacial score (nSPS) is 18.5. The van der Waals surface area contributed by atoms with Crippen molar-refractivity contribution in [2.45, 2.75) is 31.2 Å². The van der Waals surface area contributed by atoms with Gasteiger partial charge in [-0.2, -0.15) is 0 Å². The smallest absolute Gasteiger partial charge is 0.255 e. The average Bonchev–Trinajstić information content (AvgIpc) is 3.42. The molecule has 12 heteroatoms. The predicted molar refractivity (Wildman–Crippen MR) is 165 cm³/mol. The average molecular weight is 613 g/mol. The van der Waals surface area contributed by atoms with Gasteiger partial charge in [0.15, 0.2) is 11.6 Å². The summed E-state index contributed by atoms with van der Waals surface area (Å²) in [5, 5.41) is 12.0. The lowest BCUT2D eigenvalue weighted by molar-refractivity contribution is -0.129. The van der Waals surface area contributed by atoms with Crippen LogP contribution in [-0.2, 0) is 16.0 Å². The summed E-state index contributed by atoms with van der Waals surface area (Å²) in [6, 6.07) is 14.9. The van der Waals surface area contributed by atoms with Gasteiger partial charge in [-0.25, -0.2) is 4.39 Å². The van der Waals surface area contributed by atoms with Crippen molar-refractivity contribution in [3.8, 4) is 22.8 Å². The third-order valence-corrected chi connectivity index (χ3v) is 7.90. The number of anilines is 2. The van der Waals surface area contributed by atoms with E-state index in [-0.39, 0.29) is 48.6 Å². The number of nitrogens with one attached hydrogen (secondary N) is 5. The number of amides is 3. The second kappa shape index (κ2) is 13.1. The van der Waals surface area contributed by atoms with Gasteiger partial charge in [0.1, 0.15) is 11.8 Å². The number of fused-ring (bicyclic) bond motifs is 3. The van der Waals surface area contributed by atoms with Crippen molar-refractivity contribution in [1.82, 2.24) is 25.9 Å². The van der Waals surface area contributed by atoms with Crippen LogP contribution in [0, 0.1) is 5.82 Å². The van der Waals surface area contributed by atoms with E-state index in [1.54, 1.807) is 24.5 Å². The molecule has 0 aliphatic carbocycles. The fourth-order valence-electron chi connectivity index (χ4n) is 5.75. The second-order valence-corrected chi connectivity index (χ2v) is 10.9. The van der Waals surface area contributed by atoms with Gasteiger partial charge in [0, 0.05) is 49.3 Å². The van der Waals surface area contributed by atoms with Crippen LogP contribution in [-0.4, -0.2) is 60.5 Å². The number of pyridine rings is 1. The van der Waals surface area contributed by atoms with E-state index in [0.717, 1.165) is 5.56 Å². The molecule has 2 bridgehead atoms. The topological polar surface area (TPSA) is 146 Å². The van der Waals surface area contributed by atoms with Crippen molar-refractivity contribution < 1.29 is 28.2 Å². The van der Waals surface area contributed by atoms with Crippen LogP contribution in [0.15, 0.2) is 67.0 Å². The van der Waals surface area contributed by atoms with Crippen molar-refractivity contribution in [3.05, 3.63) is 89.6 Å². The summed E-state index contributed by atoms with van der Waals surface area (Å²) < 4.78 is 26.1. The summed E-state index contributed by atoms with van der Waals surface area (Å²) in [5.74, 6) is -1.59. The minimum absolute atomic E-state index is 0.00572. The van der Waals surface area contributed by atoms with E-state index in [9.17, 15) is 18.8 Å². The minimum Gasteiger partial charge on any atom is -0.492 e. The standard InChI is InChI=1S/C33H33FN6O5/c1-44-31-22(34)9-5-10-23(31)39-30-27-28-20(17-37-33(27)43)16-26(41)38-24(15-19-7-3-2-4-8-19)32(42)36-12-6-14-45-25-18-35-13-11-21(25)29(30)40-28/h2-5,7-11,13,18,20,24,39-40H,6,12,14-17H2,1H3,(H,36,42)(H,37,43)(H,38,41)/t20?,24-/m0/s1. The first-order valence-corrected chi connectivity index (χ1v) is 14.7. The molecule has 45 heavy (non-hydrogen) atoms. The van der Waals surface area contributed by atoms with E-state index < -0.39 is 17.8 Å². The highest BCUT2D eigenvalue weighted by Gasteiger charge is 2.35. The number of benzene rings is 2. The zero-order valence-corrected chi connectivity index (χ0v) is 24.6. The quantitative estimate of drug-likeness (QED) is 0.230. The maximum absolute atomic E-state index is 14.7. The van der Waals surface area contributed by atoms with Gasteiger partial charge in [0.2, 0.25) is 11.8 Å². The highest BCUT2D eigenvalue weighted by molar-refractivity contribution is 6.07. The first-order chi connectivity index (χ1) is 21.9. The lowest BCUT2D eigenvalue weighted by Gasteiger charge is -2.25. The number of hydrogen-bond acceptors (Lipinski definition) is 7. The molecule has 0 fully saturated rings. The van der Waals surface area contributed by atoms with Crippen LogP contribution in [0.4, 0.5) is 15.8 Å². The van der Waals surface area contributed by atoms with Crippen LogP contribution in [0.5, 0.6) is 11.5 Å². The first kappa shape index (κ1) is 29.7. The Labute approximate surface area is 258 Å². The maximum Gasteiger partial charge on any atom is 0.255 e. The first-order valence-electron chi connectivity index (χ1n) is 14.7. The number of aromatic nitrogens is 2. The van der Waals surface area contributed by atoms with Crippen LogP contribution in [0.2, 0.25) is 0 Å². The van der Waals surface area contributed by atoms with E-state index >= 15 is 0 Å². The van der Waals surface area contributed by atoms with Gasteiger partial charge in [-0.05, 0) is 30.2 Å². The number of methoxy groups -OCH3 is 1. The van der Waals surface area contributed by atoms with Gasteiger partial charge >= 0.3 is 0 Å². The van der Waals surface area contributed by atoms with Crippen LogP contribution in [0.25, 0.3) is 11.3 Å². The Bertz CT molecular complexity index is 1730. The van der Waals surface area contributed by atoms with Gasteiger partial charge in [-0.1, -0.05) is 36.4 Å². The lowest BCUT2D eigenvalue weighted by Crippen LogP contribution is -2.49. The number of aromatic amines is 1. The Hall–Kier alpha value is -5.39. The van der Waals surface area contributed by atoms with E-state index in [0.29, 0.717) is 53.5 Å². The maximum atomic E-state index is 14.7. The Kier molecular flexibility index (Phi) is 8.63. The molecule has 11 nitrogen and oxygen atoms in total. The van der Waals surface area contributed by atoms with Crippen LogP contribution >= 0.6 is 0 Å². The summed E-state index contributed by atoms with van der Waals surface area (Å²) in [4.78, 5) is 47.8. The largest absolute Gasteiger partial charge is 0.492 e. The molecule has 3 amide bonds. The van der Waals surface area contributed by atoms with Gasteiger partial charge in [-0.3, -0.25) is 19.4 Å². The summed E-state index contributed by atoms with van der Waals surface area (Å²) in [7, 11) is 1.37. The number of rotatable bonds is 5. The molecule has 6 rings (SSSR count). The van der Waals surface area contributed by atoms with Crippen LogP contribution < -0.4 is 30.7 Å². The molecular weight excluding hydrogens is 579 g/mol. The van der Waals surface area contributed by atoms with Gasteiger partial charge in [-0.15, -0.1) is 0 Å². The van der Waals surface area contributed by atoms with E-state index in [2.05, 4.69) is 31.2 Å². The highest BCUT2D eigenvalue weighted by Crippen LogP contribution is 2.44. The Morgan fingerprint density at radius 3 is 2.73 bits per heavy atom. The molecule has 2 aliphatic rings. The van der Waals surface area contributed by atoms with E-state index in [4.69, 9.17) is 9.47 Å². The molecule has 2 aliphatic heterocycles. The zero-order chi connectivity index (χ0) is 31.3. The second-order valence-electron chi connectivity index (χ2n) is 10.9. The number of ether oxygens (including phenoxy) is 2. The van der Waals surface area contributed by atoms with E-state index in [1.807, 2.05) is 30.3 Å². The Morgan fingerprint density at radius 1 is 1.07 bits per heavy atom. The Morgan fingerprint density at radius 2 is 1.91 bits per heavy atom. The molecule has 4 aromatic rings. The number of carbonyl (C=O) groups is 3. The third kappa shape index (κ3) is 6.30. The molecule has 0 radical (unpaired) electrons. The third-order valence-electron chi connectivity index (χ3n) is 7.90. The molecule has 0 saturated carbocycles.